The van der Waals surface area contributed by atoms with Gasteiger partial charge in [0.05, 0.1) is 5.60 Å². The molecule has 0 fully saturated rings. The first-order valence-electron chi connectivity index (χ1n) is 5.08. The quantitative estimate of drug-likeness (QED) is 0.874. The van der Waals surface area contributed by atoms with E-state index >= 15 is 0 Å². The number of methoxy groups -OCH3 is 1. The van der Waals surface area contributed by atoms with Crippen LogP contribution in [0.1, 0.15) is 13.8 Å². The molecule has 0 heterocycles. The molecule has 0 aromatic heterocycles. The minimum Gasteiger partial charge on any atom is -0.377 e. The van der Waals surface area contributed by atoms with E-state index in [-0.39, 0.29) is 11.4 Å². The van der Waals surface area contributed by atoms with Gasteiger partial charge in [0.25, 0.3) is 0 Å². The van der Waals surface area contributed by atoms with Crippen molar-refractivity contribution in [3.63, 3.8) is 0 Å². The van der Waals surface area contributed by atoms with Gasteiger partial charge in [-0.1, -0.05) is 12.1 Å². The van der Waals surface area contributed by atoms with E-state index in [9.17, 15) is 12.8 Å². The lowest BCUT2D eigenvalue weighted by Gasteiger charge is -2.23. The largest absolute Gasteiger partial charge is 0.377 e. The number of nitrogens with one attached hydrogen (secondary N) is 1. The maximum absolute atomic E-state index is 13.3. The summed E-state index contributed by atoms with van der Waals surface area (Å²) in [5.41, 5.74) is -0.641. The summed E-state index contributed by atoms with van der Waals surface area (Å²) in [6.45, 7) is 3.54. The Bertz CT molecular complexity index is 485. The Labute approximate surface area is 101 Å². The molecule has 0 aliphatic rings. The van der Waals surface area contributed by atoms with Crippen LogP contribution in [-0.4, -0.2) is 27.7 Å². The Morgan fingerprint density at radius 1 is 1.35 bits per heavy atom. The molecule has 96 valence electrons. The number of halogens is 1. The van der Waals surface area contributed by atoms with E-state index in [1.54, 1.807) is 13.8 Å². The highest BCUT2D eigenvalue weighted by molar-refractivity contribution is 7.89. The maximum atomic E-state index is 13.3. The molecule has 0 saturated carbocycles. The minimum absolute atomic E-state index is 0.0696. The molecule has 0 aliphatic carbocycles. The van der Waals surface area contributed by atoms with Crippen molar-refractivity contribution in [2.45, 2.75) is 24.3 Å². The average molecular weight is 261 g/mol. The highest BCUT2D eigenvalue weighted by Gasteiger charge is 2.23. The van der Waals surface area contributed by atoms with Crippen LogP contribution in [0.4, 0.5) is 4.39 Å². The standard InChI is InChI=1S/C11H16FNO3S/c1-11(2,16-3)8-13-17(14,15)10-7-5-4-6-9(10)12/h4-7,13H,8H2,1-3H3. The summed E-state index contributed by atoms with van der Waals surface area (Å²) in [7, 11) is -2.36. The van der Waals surface area contributed by atoms with Crippen LogP contribution >= 0.6 is 0 Å². The highest BCUT2D eigenvalue weighted by Crippen LogP contribution is 2.14. The first-order chi connectivity index (χ1) is 7.78. The van der Waals surface area contributed by atoms with Crippen molar-refractivity contribution in [3.8, 4) is 0 Å². The number of benzene rings is 1. The van der Waals surface area contributed by atoms with E-state index in [1.165, 1.54) is 25.3 Å². The predicted molar refractivity (Wildman–Crippen MR) is 62.7 cm³/mol. The maximum Gasteiger partial charge on any atom is 0.243 e. The fourth-order valence-electron chi connectivity index (χ4n) is 1.08. The van der Waals surface area contributed by atoms with E-state index in [4.69, 9.17) is 4.74 Å². The average Bonchev–Trinajstić information content (AvgIpc) is 2.27. The smallest absolute Gasteiger partial charge is 0.243 e. The summed E-state index contributed by atoms with van der Waals surface area (Å²) in [5.74, 6) is -0.768. The zero-order valence-corrected chi connectivity index (χ0v) is 10.8. The summed E-state index contributed by atoms with van der Waals surface area (Å²) >= 11 is 0. The normalized spacial score (nSPS) is 12.7. The monoisotopic (exact) mass is 261 g/mol. The van der Waals surface area contributed by atoms with Gasteiger partial charge < -0.3 is 4.74 Å². The molecule has 1 rings (SSSR count). The molecule has 0 amide bonds. The van der Waals surface area contributed by atoms with Crippen molar-refractivity contribution in [2.24, 2.45) is 0 Å². The van der Waals surface area contributed by atoms with E-state index in [2.05, 4.69) is 4.72 Å². The number of ether oxygens (including phenoxy) is 1. The fraction of sp³-hybridized carbons (Fsp3) is 0.455. The molecule has 0 unspecified atom stereocenters. The highest BCUT2D eigenvalue weighted by atomic mass is 32.2. The zero-order valence-electron chi connectivity index (χ0n) is 10.0. The first kappa shape index (κ1) is 14.1. The van der Waals surface area contributed by atoms with Gasteiger partial charge in [0.2, 0.25) is 10.0 Å². The van der Waals surface area contributed by atoms with Crippen LogP contribution in [0.25, 0.3) is 0 Å². The SMILES string of the molecule is COC(C)(C)CNS(=O)(=O)c1ccccc1F. The van der Waals surface area contributed by atoms with Crippen molar-refractivity contribution in [1.29, 1.82) is 0 Å². The lowest BCUT2D eigenvalue weighted by atomic mass is 10.1. The Morgan fingerprint density at radius 2 is 1.94 bits per heavy atom. The molecule has 0 aliphatic heterocycles. The third kappa shape index (κ3) is 3.76. The second kappa shape index (κ2) is 5.12. The van der Waals surface area contributed by atoms with Crippen molar-refractivity contribution in [1.82, 2.24) is 4.72 Å². The summed E-state index contributed by atoms with van der Waals surface area (Å²) in [6, 6.07) is 5.24. The number of rotatable bonds is 5. The zero-order chi connectivity index (χ0) is 13.1. The molecule has 0 saturated heterocycles. The second-order valence-corrected chi connectivity index (χ2v) is 5.95. The van der Waals surface area contributed by atoms with E-state index < -0.39 is 21.4 Å². The fourth-order valence-corrected chi connectivity index (χ4v) is 2.36. The van der Waals surface area contributed by atoms with Gasteiger partial charge in [-0.2, -0.15) is 0 Å². The minimum atomic E-state index is -3.84. The second-order valence-electron chi connectivity index (χ2n) is 4.22. The van der Waals surface area contributed by atoms with Gasteiger partial charge in [-0.15, -0.1) is 0 Å². The summed E-state index contributed by atoms with van der Waals surface area (Å²) in [6.07, 6.45) is 0. The van der Waals surface area contributed by atoms with Crippen LogP contribution in [0.15, 0.2) is 29.2 Å². The van der Waals surface area contributed by atoms with Crippen LogP contribution in [0.3, 0.4) is 0 Å². The van der Waals surface area contributed by atoms with Gasteiger partial charge >= 0.3 is 0 Å². The Hall–Kier alpha value is -0.980. The van der Waals surface area contributed by atoms with E-state index in [1.807, 2.05) is 0 Å². The molecule has 1 N–H and O–H groups in total. The molecule has 0 radical (unpaired) electrons. The Morgan fingerprint density at radius 3 is 2.47 bits per heavy atom. The van der Waals surface area contributed by atoms with Gasteiger partial charge in [-0.25, -0.2) is 17.5 Å². The van der Waals surface area contributed by atoms with Crippen LogP contribution in [0.2, 0.25) is 0 Å². The van der Waals surface area contributed by atoms with Crippen molar-refractivity contribution < 1.29 is 17.5 Å². The summed E-state index contributed by atoms with van der Waals surface area (Å²) in [5, 5.41) is 0. The molecule has 6 heteroatoms. The van der Waals surface area contributed by atoms with Gasteiger partial charge in [-0.05, 0) is 26.0 Å². The molecule has 1 aromatic carbocycles. The van der Waals surface area contributed by atoms with Gasteiger partial charge in [0, 0.05) is 13.7 Å². The Balaban J connectivity index is 2.88. The predicted octanol–water partition coefficient (Wildman–Crippen LogP) is 1.53. The van der Waals surface area contributed by atoms with E-state index in [0.717, 1.165) is 6.07 Å². The molecular weight excluding hydrogens is 245 g/mol. The number of hydrogen-bond donors (Lipinski definition) is 1. The first-order valence-corrected chi connectivity index (χ1v) is 6.56. The third-order valence-electron chi connectivity index (χ3n) is 2.37. The van der Waals surface area contributed by atoms with Gasteiger partial charge in [-0.3, -0.25) is 0 Å². The van der Waals surface area contributed by atoms with Crippen molar-refractivity contribution in [2.75, 3.05) is 13.7 Å². The topological polar surface area (TPSA) is 55.4 Å². The van der Waals surface area contributed by atoms with E-state index in [0.29, 0.717) is 0 Å². The Kier molecular flexibility index (Phi) is 4.24. The molecule has 0 spiro atoms. The summed E-state index contributed by atoms with van der Waals surface area (Å²) in [4.78, 5) is -0.355. The molecule has 0 atom stereocenters. The molecule has 0 bridgehead atoms. The van der Waals surface area contributed by atoms with Gasteiger partial charge in [0.1, 0.15) is 10.7 Å². The van der Waals surface area contributed by atoms with Crippen LogP contribution in [-0.2, 0) is 14.8 Å². The lowest BCUT2D eigenvalue weighted by molar-refractivity contribution is 0.0276. The molecule has 4 nitrogen and oxygen atoms in total. The molecular formula is C11H16FNO3S. The summed E-state index contributed by atoms with van der Waals surface area (Å²) < 4.78 is 44.3. The van der Waals surface area contributed by atoms with Crippen molar-refractivity contribution >= 4 is 10.0 Å². The molecule has 17 heavy (non-hydrogen) atoms. The van der Waals surface area contributed by atoms with Gasteiger partial charge in [0.15, 0.2) is 0 Å². The van der Waals surface area contributed by atoms with Crippen molar-refractivity contribution in [3.05, 3.63) is 30.1 Å². The van der Waals surface area contributed by atoms with Crippen LogP contribution < -0.4 is 4.72 Å². The lowest BCUT2D eigenvalue weighted by Crippen LogP contribution is -2.39. The van der Waals surface area contributed by atoms with Crippen LogP contribution in [0.5, 0.6) is 0 Å². The number of hydrogen-bond acceptors (Lipinski definition) is 3. The van der Waals surface area contributed by atoms with Crippen LogP contribution in [0, 0.1) is 5.82 Å². The molecule has 1 aromatic rings. The number of sulfonamides is 1. The third-order valence-corrected chi connectivity index (χ3v) is 3.80.